The van der Waals surface area contributed by atoms with Gasteiger partial charge in [0.25, 0.3) is 5.89 Å². The van der Waals surface area contributed by atoms with E-state index >= 15 is 0 Å². The van der Waals surface area contributed by atoms with Crippen molar-refractivity contribution in [2.45, 2.75) is 4.84 Å². The summed E-state index contributed by atoms with van der Waals surface area (Å²) in [5.74, 6) is -0.580. The first kappa shape index (κ1) is 7.57. The molecule has 0 N–H and O–H groups in total. The van der Waals surface area contributed by atoms with Crippen LogP contribution in [-0.2, 0) is 0 Å². The maximum atomic E-state index is 10.8. The monoisotopic (exact) mass is 179 g/mol. The molecule has 1 aromatic heterocycles. The number of oxazole rings is 1. The normalized spacial score (nSPS) is 10.3. The summed E-state index contributed by atoms with van der Waals surface area (Å²) in [7, 11) is 0. The van der Waals surface area contributed by atoms with Crippen LogP contribution >= 0.6 is 23.2 Å². The van der Waals surface area contributed by atoms with Crippen LogP contribution in [0.5, 0.6) is 0 Å². The predicted octanol–water partition coefficient (Wildman–Crippen LogP) is 1.66. The van der Waals surface area contributed by atoms with Crippen molar-refractivity contribution in [3.63, 3.8) is 0 Å². The summed E-state index contributed by atoms with van der Waals surface area (Å²) in [6.45, 7) is 0. The number of nitrogens with zero attached hydrogens (tertiary/aromatic N) is 1. The van der Waals surface area contributed by atoms with E-state index in [1.54, 1.807) is 0 Å². The SMILES string of the molecule is O=C(c1ncco1)C(Cl)Cl. The Hall–Kier alpha value is -0.540. The number of hydrogen-bond donors (Lipinski definition) is 0. The van der Waals surface area contributed by atoms with Gasteiger partial charge in [0.15, 0.2) is 4.84 Å². The molecule has 0 unspecified atom stereocenters. The molecule has 0 aliphatic heterocycles. The van der Waals surface area contributed by atoms with Gasteiger partial charge in [-0.05, 0) is 0 Å². The summed E-state index contributed by atoms with van der Waals surface area (Å²) in [4.78, 5) is 13.2. The van der Waals surface area contributed by atoms with Gasteiger partial charge in [-0.15, -0.1) is 0 Å². The van der Waals surface area contributed by atoms with E-state index in [0.29, 0.717) is 0 Å². The Morgan fingerprint density at radius 2 is 2.40 bits per heavy atom. The van der Waals surface area contributed by atoms with Crippen LogP contribution in [0.25, 0.3) is 0 Å². The number of ketones is 1. The number of aromatic nitrogens is 1. The fourth-order valence-corrected chi connectivity index (χ4v) is 0.625. The van der Waals surface area contributed by atoms with Crippen LogP contribution in [0.4, 0.5) is 0 Å². The van der Waals surface area contributed by atoms with Crippen LogP contribution in [0, 0.1) is 0 Å². The van der Waals surface area contributed by atoms with E-state index in [2.05, 4.69) is 9.40 Å². The van der Waals surface area contributed by atoms with Crippen LogP contribution in [0.1, 0.15) is 10.7 Å². The maximum absolute atomic E-state index is 10.8. The Labute approximate surface area is 66.9 Å². The highest BCUT2D eigenvalue weighted by Gasteiger charge is 2.17. The smallest absolute Gasteiger partial charge is 0.266 e. The van der Waals surface area contributed by atoms with Crippen molar-refractivity contribution in [3.05, 3.63) is 18.4 Å². The van der Waals surface area contributed by atoms with Crippen LogP contribution in [0.3, 0.4) is 0 Å². The first-order valence-corrected chi connectivity index (χ1v) is 3.31. The number of alkyl halides is 2. The second-order valence-corrected chi connectivity index (χ2v) is 2.60. The van der Waals surface area contributed by atoms with E-state index < -0.39 is 10.6 Å². The molecule has 1 heterocycles. The van der Waals surface area contributed by atoms with Gasteiger partial charge in [0.1, 0.15) is 6.26 Å². The Morgan fingerprint density at radius 3 is 2.80 bits per heavy atom. The number of carbonyl (C=O) groups excluding carboxylic acids is 1. The summed E-state index contributed by atoms with van der Waals surface area (Å²) >= 11 is 10.5. The van der Waals surface area contributed by atoms with E-state index in [1.807, 2.05) is 0 Å². The zero-order chi connectivity index (χ0) is 7.56. The molecule has 1 aromatic rings. The number of rotatable bonds is 2. The molecule has 0 atom stereocenters. The molecule has 5 heteroatoms. The van der Waals surface area contributed by atoms with Crippen LogP contribution in [0.2, 0.25) is 0 Å². The van der Waals surface area contributed by atoms with Crippen molar-refractivity contribution in [2.24, 2.45) is 0 Å². The quantitative estimate of drug-likeness (QED) is 0.513. The third kappa shape index (κ3) is 1.49. The fourth-order valence-electron chi connectivity index (χ4n) is 0.438. The summed E-state index contributed by atoms with van der Waals surface area (Å²) in [6, 6.07) is 0. The molecule has 0 fully saturated rings. The van der Waals surface area contributed by atoms with Crippen molar-refractivity contribution in [2.75, 3.05) is 0 Å². The zero-order valence-corrected chi connectivity index (χ0v) is 6.26. The lowest BCUT2D eigenvalue weighted by Crippen LogP contribution is -2.07. The lowest BCUT2D eigenvalue weighted by atomic mass is 10.4. The molecular weight excluding hydrogens is 177 g/mol. The molecule has 0 saturated carbocycles. The average Bonchev–Trinajstić information content (AvgIpc) is 2.36. The summed E-state index contributed by atoms with van der Waals surface area (Å²) < 4.78 is 4.63. The maximum Gasteiger partial charge on any atom is 0.266 e. The summed E-state index contributed by atoms with van der Waals surface area (Å²) in [6.07, 6.45) is 2.63. The largest absolute Gasteiger partial charge is 0.442 e. The van der Waals surface area contributed by atoms with Gasteiger partial charge in [-0.2, -0.15) is 0 Å². The van der Waals surface area contributed by atoms with Crippen LogP contribution < -0.4 is 0 Å². The zero-order valence-electron chi connectivity index (χ0n) is 4.75. The van der Waals surface area contributed by atoms with Gasteiger partial charge in [0.2, 0.25) is 5.78 Å². The molecule has 3 nitrogen and oxygen atoms in total. The predicted molar refractivity (Wildman–Crippen MR) is 36.3 cm³/mol. The van der Waals surface area contributed by atoms with E-state index in [-0.39, 0.29) is 5.89 Å². The lowest BCUT2D eigenvalue weighted by Gasteiger charge is -1.91. The summed E-state index contributed by atoms with van der Waals surface area (Å²) in [5.41, 5.74) is 0. The topological polar surface area (TPSA) is 43.1 Å². The standard InChI is InChI=1S/C5H3Cl2NO2/c6-4(7)3(9)5-8-1-2-10-5/h1-2,4H. The molecule has 54 valence electrons. The first-order valence-electron chi connectivity index (χ1n) is 2.43. The van der Waals surface area contributed by atoms with Gasteiger partial charge in [-0.25, -0.2) is 4.98 Å². The highest BCUT2D eigenvalue weighted by atomic mass is 35.5. The van der Waals surface area contributed by atoms with E-state index in [4.69, 9.17) is 23.2 Å². The molecule has 0 radical (unpaired) electrons. The van der Waals surface area contributed by atoms with Crippen molar-refractivity contribution >= 4 is 29.0 Å². The first-order chi connectivity index (χ1) is 4.72. The van der Waals surface area contributed by atoms with E-state index in [0.717, 1.165) is 0 Å². The number of Topliss-reactive ketones (excluding diaryl/α,β-unsaturated/α-hetero) is 1. The fraction of sp³-hybridized carbons (Fsp3) is 0.200. The summed E-state index contributed by atoms with van der Waals surface area (Å²) in [5, 5.41) is 0. The highest BCUT2D eigenvalue weighted by Crippen LogP contribution is 2.09. The Morgan fingerprint density at radius 1 is 1.70 bits per heavy atom. The average molecular weight is 180 g/mol. The van der Waals surface area contributed by atoms with Gasteiger partial charge in [-0.3, -0.25) is 4.79 Å². The van der Waals surface area contributed by atoms with Crippen molar-refractivity contribution < 1.29 is 9.21 Å². The molecule has 0 bridgehead atoms. The van der Waals surface area contributed by atoms with Crippen molar-refractivity contribution in [1.29, 1.82) is 0 Å². The second kappa shape index (κ2) is 3.03. The minimum Gasteiger partial charge on any atom is -0.442 e. The molecule has 1 rings (SSSR count). The Kier molecular flexibility index (Phi) is 2.29. The van der Waals surface area contributed by atoms with E-state index in [9.17, 15) is 4.79 Å². The van der Waals surface area contributed by atoms with Crippen molar-refractivity contribution in [3.8, 4) is 0 Å². The molecule has 0 aromatic carbocycles. The number of halogens is 2. The third-order valence-corrected chi connectivity index (χ3v) is 1.24. The van der Waals surface area contributed by atoms with E-state index in [1.165, 1.54) is 12.5 Å². The molecule has 0 aliphatic carbocycles. The minimum absolute atomic E-state index is 0.0602. The lowest BCUT2D eigenvalue weighted by molar-refractivity contribution is 0.0974. The molecule has 0 amide bonds. The van der Waals surface area contributed by atoms with Gasteiger partial charge < -0.3 is 4.42 Å². The number of hydrogen-bond acceptors (Lipinski definition) is 3. The Bertz CT molecular complexity index is 220. The molecular formula is C5H3Cl2NO2. The minimum atomic E-state index is -1.10. The third-order valence-electron chi connectivity index (χ3n) is 0.841. The van der Waals surface area contributed by atoms with Crippen LogP contribution in [0.15, 0.2) is 16.9 Å². The molecule has 0 spiro atoms. The van der Waals surface area contributed by atoms with Gasteiger partial charge in [-0.1, -0.05) is 23.2 Å². The molecule has 0 saturated heterocycles. The second-order valence-electron chi connectivity index (χ2n) is 1.50. The van der Waals surface area contributed by atoms with Gasteiger partial charge in [0, 0.05) is 0 Å². The highest BCUT2D eigenvalue weighted by molar-refractivity contribution is 6.55. The Balaban J connectivity index is 2.78. The van der Waals surface area contributed by atoms with Crippen LogP contribution in [-0.4, -0.2) is 15.6 Å². The van der Waals surface area contributed by atoms with Gasteiger partial charge in [0.05, 0.1) is 6.20 Å². The van der Waals surface area contributed by atoms with Gasteiger partial charge >= 0.3 is 0 Å². The molecule has 10 heavy (non-hydrogen) atoms. The van der Waals surface area contributed by atoms with Crippen molar-refractivity contribution in [1.82, 2.24) is 4.98 Å². The number of carbonyl (C=O) groups is 1. The molecule has 0 aliphatic rings.